The zero-order chi connectivity index (χ0) is 15.2. The lowest BCUT2D eigenvalue weighted by Crippen LogP contribution is -2.25. The van der Waals surface area contributed by atoms with Crippen molar-refractivity contribution in [2.75, 3.05) is 25.6 Å². The van der Waals surface area contributed by atoms with Gasteiger partial charge in [0.05, 0.1) is 10.5 Å². The average Bonchev–Trinajstić information content (AvgIpc) is 2.42. The fraction of sp³-hybridized carbons (Fsp3) is 0.538. The van der Waals surface area contributed by atoms with E-state index in [9.17, 15) is 10.1 Å². The highest BCUT2D eigenvalue weighted by molar-refractivity contribution is 5.58. The summed E-state index contributed by atoms with van der Waals surface area (Å²) in [5.41, 5.74) is -0.105. The van der Waals surface area contributed by atoms with Gasteiger partial charge < -0.3 is 10.1 Å². The Balaban J connectivity index is 2.82. The number of hydrogen-bond donors (Lipinski definition) is 1. The Morgan fingerprint density at radius 2 is 2.30 bits per heavy atom. The Labute approximate surface area is 117 Å². The molecule has 0 saturated carbocycles. The predicted molar refractivity (Wildman–Crippen MR) is 74.4 cm³/mol. The Morgan fingerprint density at radius 3 is 2.85 bits per heavy atom. The van der Waals surface area contributed by atoms with Crippen LogP contribution in [0, 0.1) is 26.9 Å². The summed E-state index contributed by atoms with van der Waals surface area (Å²) in [6, 6.07) is 3.06. The minimum atomic E-state index is -0.543. The molecule has 20 heavy (non-hydrogen) atoms. The van der Waals surface area contributed by atoms with E-state index in [4.69, 9.17) is 10.00 Å². The minimum absolute atomic E-state index is 0.0839. The first-order valence-electron chi connectivity index (χ1n) is 6.17. The van der Waals surface area contributed by atoms with Crippen molar-refractivity contribution in [3.05, 3.63) is 27.9 Å². The largest absolute Gasteiger partial charge is 0.385 e. The second-order valence-electron chi connectivity index (χ2n) is 5.22. The Kier molecular flexibility index (Phi) is 5.41. The van der Waals surface area contributed by atoms with Crippen LogP contribution in [-0.4, -0.2) is 30.2 Å². The molecule has 0 unspecified atom stereocenters. The van der Waals surface area contributed by atoms with Crippen molar-refractivity contribution in [1.29, 1.82) is 5.26 Å². The Hall–Kier alpha value is -2.20. The molecule has 108 valence electrons. The van der Waals surface area contributed by atoms with E-state index in [1.807, 2.05) is 19.9 Å². The molecule has 1 aromatic rings. The second-order valence-corrected chi connectivity index (χ2v) is 5.22. The molecule has 0 fully saturated rings. The summed E-state index contributed by atoms with van der Waals surface area (Å²) in [5.74, 6) is 0.180. The van der Waals surface area contributed by atoms with Crippen LogP contribution in [0.3, 0.4) is 0 Å². The average molecular weight is 278 g/mol. The smallest absolute Gasteiger partial charge is 0.312 e. The predicted octanol–water partition coefficient (Wildman–Crippen LogP) is 2.34. The van der Waals surface area contributed by atoms with Crippen LogP contribution in [-0.2, 0) is 4.74 Å². The standard InChI is InChI=1S/C13H18N4O3/c1-13(2,4-5-20-3)9-16-12-11(17(18)19)6-10(7-14)8-15-12/h6,8H,4-5,9H2,1-3H3,(H,15,16). The van der Waals surface area contributed by atoms with Gasteiger partial charge in [0.1, 0.15) is 6.07 Å². The van der Waals surface area contributed by atoms with Crippen LogP contribution in [0.4, 0.5) is 11.5 Å². The molecule has 1 rings (SSSR count). The van der Waals surface area contributed by atoms with Gasteiger partial charge in [-0.1, -0.05) is 13.8 Å². The molecule has 0 radical (unpaired) electrons. The first-order chi connectivity index (χ1) is 9.39. The quantitative estimate of drug-likeness (QED) is 0.606. The lowest BCUT2D eigenvalue weighted by molar-refractivity contribution is -0.384. The van der Waals surface area contributed by atoms with E-state index >= 15 is 0 Å². The lowest BCUT2D eigenvalue weighted by atomic mass is 9.90. The molecule has 0 aliphatic heterocycles. The van der Waals surface area contributed by atoms with Gasteiger partial charge >= 0.3 is 5.69 Å². The third kappa shape index (κ3) is 4.48. The van der Waals surface area contributed by atoms with Crippen molar-refractivity contribution in [1.82, 2.24) is 4.98 Å². The number of rotatable bonds is 7. The highest BCUT2D eigenvalue weighted by atomic mass is 16.6. The molecule has 0 spiro atoms. The highest BCUT2D eigenvalue weighted by Gasteiger charge is 2.21. The van der Waals surface area contributed by atoms with Gasteiger partial charge in [-0.05, 0) is 11.8 Å². The number of nitro groups is 1. The van der Waals surface area contributed by atoms with E-state index in [0.717, 1.165) is 6.42 Å². The van der Waals surface area contributed by atoms with Crippen molar-refractivity contribution in [3.63, 3.8) is 0 Å². The molecular weight excluding hydrogens is 260 g/mol. The van der Waals surface area contributed by atoms with Crippen LogP contribution in [0.2, 0.25) is 0 Å². The first-order valence-corrected chi connectivity index (χ1v) is 6.17. The van der Waals surface area contributed by atoms with Crippen LogP contribution in [0.25, 0.3) is 0 Å². The van der Waals surface area contributed by atoms with Crippen molar-refractivity contribution < 1.29 is 9.66 Å². The summed E-state index contributed by atoms with van der Waals surface area (Å²) in [5, 5.41) is 22.7. The van der Waals surface area contributed by atoms with Gasteiger partial charge in [-0.3, -0.25) is 10.1 Å². The van der Waals surface area contributed by atoms with Gasteiger partial charge in [0, 0.05) is 32.5 Å². The topological polar surface area (TPSA) is 101 Å². The molecule has 0 aliphatic rings. The maximum atomic E-state index is 11.0. The van der Waals surface area contributed by atoms with Gasteiger partial charge in [-0.2, -0.15) is 5.26 Å². The highest BCUT2D eigenvalue weighted by Crippen LogP contribution is 2.26. The molecule has 0 amide bonds. The number of aromatic nitrogens is 1. The summed E-state index contributed by atoms with van der Waals surface area (Å²) in [4.78, 5) is 14.4. The maximum absolute atomic E-state index is 11.0. The molecular formula is C13H18N4O3. The van der Waals surface area contributed by atoms with E-state index in [1.54, 1.807) is 7.11 Å². The minimum Gasteiger partial charge on any atom is -0.385 e. The molecule has 1 N–H and O–H groups in total. The number of methoxy groups -OCH3 is 1. The van der Waals surface area contributed by atoms with Crippen LogP contribution in [0.15, 0.2) is 12.3 Å². The molecule has 0 aliphatic carbocycles. The summed E-state index contributed by atoms with van der Waals surface area (Å²) >= 11 is 0. The van der Waals surface area contributed by atoms with E-state index in [0.29, 0.717) is 13.2 Å². The van der Waals surface area contributed by atoms with Crippen molar-refractivity contribution in [3.8, 4) is 6.07 Å². The molecule has 1 aromatic heterocycles. The zero-order valence-corrected chi connectivity index (χ0v) is 11.8. The Bertz CT molecular complexity index is 523. The summed E-state index contributed by atoms with van der Waals surface area (Å²) in [6.07, 6.45) is 2.14. The molecule has 0 saturated heterocycles. The number of anilines is 1. The third-order valence-electron chi connectivity index (χ3n) is 2.91. The zero-order valence-electron chi connectivity index (χ0n) is 11.8. The molecule has 1 heterocycles. The molecule has 0 aromatic carbocycles. The first kappa shape index (κ1) is 15.9. The summed E-state index contributed by atoms with van der Waals surface area (Å²) in [7, 11) is 1.64. The molecule has 0 bridgehead atoms. The summed E-state index contributed by atoms with van der Waals surface area (Å²) in [6.45, 7) is 5.22. The van der Waals surface area contributed by atoms with Gasteiger partial charge in [0.25, 0.3) is 0 Å². The van der Waals surface area contributed by atoms with Gasteiger partial charge in [-0.25, -0.2) is 4.98 Å². The number of pyridine rings is 1. The van der Waals surface area contributed by atoms with Gasteiger partial charge in [-0.15, -0.1) is 0 Å². The second kappa shape index (κ2) is 6.82. The third-order valence-corrected chi connectivity index (χ3v) is 2.91. The number of ether oxygens (including phenoxy) is 1. The number of nitrogens with one attached hydrogen (secondary N) is 1. The van der Waals surface area contributed by atoms with E-state index in [2.05, 4.69) is 10.3 Å². The SMILES string of the molecule is COCCC(C)(C)CNc1ncc(C#N)cc1[N+](=O)[O-]. The van der Waals surface area contributed by atoms with Crippen LogP contribution < -0.4 is 5.32 Å². The van der Waals surface area contributed by atoms with Gasteiger partial charge in [0.2, 0.25) is 5.82 Å². The van der Waals surface area contributed by atoms with Crippen molar-refractivity contribution in [2.24, 2.45) is 5.41 Å². The normalized spacial score (nSPS) is 10.9. The van der Waals surface area contributed by atoms with Crippen LogP contribution in [0.1, 0.15) is 25.8 Å². The molecule has 7 heteroatoms. The van der Waals surface area contributed by atoms with Crippen molar-refractivity contribution >= 4 is 11.5 Å². The lowest BCUT2D eigenvalue weighted by Gasteiger charge is -2.24. The number of nitriles is 1. The van der Waals surface area contributed by atoms with Crippen LogP contribution in [0.5, 0.6) is 0 Å². The summed E-state index contributed by atoms with van der Waals surface area (Å²) < 4.78 is 5.03. The fourth-order valence-electron chi connectivity index (χ4n) is 1.58. The monoisotopic (exact) mass is 278 g/mol. The maximum Gasteiger partial charge on any atom is 0.312 e. The van der Waals surface area contributed by atoms with Crippen molar-refractivity contribution in [2.45, 2.75) is 20.3 Å². The van der Waals surface area contributed by atoms with Gasteiger partial charge in [0.15, 0.2) is 0 Å². The van der Waals surface area contributed by atoms with E-state index in [1.165, 1.54) is 12.3 Å². The van der Waals surface area contributed by atoms with E-state index in [-0.39, 0.29) is 22.5 Å². The number of nitrogens with zero attached hydrogens (tertiary/aromatic N) is 3. The van der Waals surface area contributed by atoms with E-state index < -0.39 is 4.92 Å². The number of hydrogen-bond acceptors (Lipinski definition) is 6. The fourth-order valence-corrected chi connectivity index (χ4v) is 1.58. The van der Waals surface area contributed by atoms with Crippen LogP contribution >= 0.6 is 0 Å². The molecule has 7 nitrogen and oxygen atoms in total. The Morgan fingerprint density at radius 1 is 1.60 bits per heavy atom. The molecule has 0 atom stereocenters.